The molecular weight excluding hydrogens is 320 g/mol. The van der Waals surface area contributed by atoms with Crippen LogP contribution in [0.4, 0.5) is 0 Å². The van der Waals surface area contributed by atoms with Crippen molar-refractivity contribution in [1.29, 1.82) is 0 Å². The number of thiophene rings is 1. The van der Waals surface area contributed by atoms with Gasteiger partial charge in [0.05, 0.1) is 17.7 Å². The van der Waals surface area contributed by atoms with E-state index in [0.717, 1.165) is 28.6 Å². The number of hydrogen-bond acceptors (Lipinski definition) is 5. The molecule has 0 N–H and O–H groups in total. The zero-order chi connectivity index (χ0) is 17.1. The van der Waals surface area contributed by atoms with Crippen LogP contribution < -0.4 is 4.74 Å². The van der Waals surface area contributed by atoms with Crippen molar-refractivity contribution >= 4 is 11.3 Å². The van der Waals surface area contributed by atoms with Gasteiger partial charge >= 0.3 is 0 Å². The molecule has 0 aliphatic rings. The van der Waals surface area contributed by atoms with Gasteiger partial charge in [0.2, 0.25) is 5.89 Å². The first-order valence-electron chi connectivity index (χ1n) is 7.93. The predicted molar refractivity (Wildman–Crippen MR) is 97.4 cm³/mol. The van der Waals surface area contributed by atoms with E-state index in [-0.39, 0.29) is 6.04 Å². The number of benzene rings is 1. The van der Waals surface area contributed by atoms with E-state index in [9.17, 15) is 0 Å². The molecule has 0 bridgehead atoms. The van der Waals surface area contributed by atoms with Crippen LogP contribution >= 0.6 is 11.3 Å². The fourth-order valence-electron chi connectivity index (χ4n) is 2.61. The molecule has 0 aliphatic heterocycles. The first-order valence-corrected chi connectivity index (χ1v) is 8.81. The zero-order valence-corrected chi connectivity index (χ0v) is 15.3. The molecule has 126 valence electrons. The Hall–Kier alpha value is -2.11. The molecule has 0 fully saturated rings. The van der Waals surface area contributed by atoms with E-state index in [1.54, 1.807) is 18.4 Å². The third-order valence-corrected chi connectivity index (χ3v) is 5.12. The first-order chi connectivity index (χ1) is 11.6. The Kier molecular flexibility index (Phi) is 5.02. The number of oxazole rings is 1. The van der Waals surface area contributed by atoms with E-state index in [1.165, 1.54) is 5.56 Å². The van der Waals surface area contributed by atoms with Gasteiger partial charge in [0.1, 0.15) is 11.5 Å². The average molecular weight is 342 g/mol. The molecule has 4 nitrogen and oxygen atoms in total. The van der Waals surface area contributed by atoms with Crippen LogP contribution in [0.1, 0.15) is 30.0 Å². The van der Waals surface area contributed by atoms with Crippen molar-refractivity contribution in [3.05, 3.63) is 58.8 Å². The second kappa shape index (κ2) is 7.20. The van der Waals surface area contributed by atoms with Gasteiger partial charge in [-0.05, 0) is 50.0 Å². The number of methoxy groups -OCH3 is 1. The lowest BCUT2D eigenvalue weighted by Crippen LogP contribution is -2.22. The van der Waals surface area contributed by atoms with Gasteiger partial charge in [-0.3, -0.25) is 4.90 Å². The molecule has 24 heavy (non-hydrogen) atoms. The summed E-state index contributed by atoms with van der Waals surface area (Å²) in [5.41, 5.74) is 2.20. The van der Waals surface area contributed by atoms with Gasteiger partial charge in [0.15, 0.2) is 0 Å². The van der Waals surface area contributed by atoms with Crippen LogP contribution in [0.3, 0.4) is 0 Å². The lowest BCUT2D eigenvalue weighted by atomic mass is 10.1. The van der Waals surface area contributed by atoms with Crippen LogP contribution in [0.15, 0.2) is 46.2 Å². The van der Waals surface area contributed by atoms with E-state index in [0.29, 0.717) is 5.89 Å². The van der Waals surface area contributed by atoms with Crippen molar-refractivity contribution in [2.24, 2.45) is 0 Å². The molecule has 0 saturated heterocycles. The summed E-state index contributed by atoms with van der Waals surface area (Å²) in [5, 5.41) is 2.03. The molecule has 0 radical (unpaired) electrons. The average Bonchev–Trinajstić information content (AvgIpc) is 3.24. The minimum absolute atomic E-state index is 0.251. The molecule has 0 unspecified atom stereocenters. The second-order valence-electron chi connectivity index (χ2n) is 5.87. The minimum Gasteiger partial charge on any atom is -0.497 e. The van der Waals surface area contributed by atoms with E-state index in [2.05, 4.69) is 36.0 Å². The highest BCUT2D eigenvalue weighted by atomic mass is 32.1. The monoisotopic (exact) mass is 342 g/mol. The van der Waals surface area contributed by atoms with Crippen LogP contribution in [0.5, 0.6) is 5.75 Å². The fourth-order valence-corrected chi connectivity index (χ4v) is 3.26. The van der Waals surface area contributed by atoms with Crippen LogP contribution in [0.2, 0.25) is 0 Å². The van der Waals surface area contributed by atoms with Crippen LogP contribution in [0, 0.1) is 6.92 Å². The van der Waals surface area contributed by atoms with Crippen LogP contribution in [0.25, 0.3) is 10.8 Å². The number of ether oxygens (including phenoxy) is 1. The number of aryl methyl sites for hydroxylation is 1. The highest BCUT2D eigenvalue weighted by Gasteiger charge is 2.18. The Labute approximate surface area is 146 Å². The third kappa shape index (κ3) is 3.52. The maximum absolute atomic E-state index is 5.83. The van der Waals surface area contributed by atoms with Crippen LogP contribution in [-0.4, -0.2) is 24.0 Å². The molecule has 2 heterocycles. The Morgan fingerprint density at radius 2 is 2.12 bits per heavy atom. The summed E-state index contributed by atoms with van der Waals surface area (Å²) >= 11 is 1.64. The molecule has 1 aromatic carbocycles. The lowest BCUT2D eigenvalue weighted by molar-refractivity contribution is 0.248. The zero-order valence-electron chi connectivity index (χ0n) is 14.4. The normalized spacial score (nSPS) is 12.5. The molecular formula is C19H22N2O2S. The lowest BCUT2D eigenvalue weighted by Gasteiger charge is -2.24. The van der Waals surface area contributed by atoms with Gasteiger partial charge in [-0.1, -0.05) is 18.2 Å². The van der Waals surface area contributed by atoms with E-state index >= 15 is 0 Å². The van der Waals surface area contributed by atoms with E-state index in [4.69, 9.17) is 9.15 Å². The number of hydrogen-bond donors (Lipinski definition) is 0. The summed E-state index contributed by atoms with van der Waals surface area (Å²) in [6.45, 7) is 4.90. The quantitative estimate of drug-likeness (QED) is 0.638. The number of nitrogens with zero attached hydrogens (tertiary/aromatic N) is 2. The molecule has 5 heteroatoms. The van der Waals surface area contributed by atoms with Gasteiger partial charge in [-0.25, -0.2) is 4.98 Å². The molecule has 3 rings (SSSR count). The van der Waals surface area contributed by atoms with Crippen molar-refractivity contribution < 1.29 is 9.15 Å². The van der Waals surface area contributed by atoms with Gasteiger partial charge in [0, 0.05) is 12.6 Å². The summed E-state index contributed by atoms with van der Waals surface area (Å²) in [6, 6.07) is 12.5. The third-order valence-electron chi connectivity index (χ3n) is 4.26. The number of aromatic nitrogens is 1. The molecule has 3 aromatic rings. The first kappa shape index (κ1) is 16.7. The standard InChI is InChI=1S/C19H22N2O2S/c1-13(15-7-5-8-16(11-15)22-4)21(3)12-17-14(2)23-19(20-17)18-9-6-10-24-18/h5-11,13H,12H2,1-4H3/t13-/m0/s1. The largest absolute Gasteiger partial charge is 0.497 e. The van der Waals surface area contributed by atoms with E-state index in [1.807, 2.05) is 36.6 Å². The summed E-state index contributed by atoms with van der Waals surface area (Å²) in [4.78, 5) is 8.00. The molecule has 1 atom stereocenters. The minimum atomic E-state index is 0.251. The van der Waals surface area contributed by atoms with Gasteiger partial charge in [-0.15, -0.1) is 11.3 Å². The number of rotatable bonds is 6. The molecule has 0 spiro atoms. The van der Waals surface area contributed by atoms with Gasteiger partial charge < -0.3 is 9.15 Å². The van der Waals surface area contributed by atoms with Gasteiger partial charge in [0.25, 0.3) is 0 Å². The fraction of sp³-hybridized carbons (Fsp3) is 0.316. The van der Waals surface area contributed by atoms with Crippen molar-refractivity contribution in [3.8, 4) is 16.5 Å². The Morgan fingerprint density at radius 1 is 1.29 bits per heavy atom. The highest BCUT2D eigenvalue weighted by molar-refractivity contribution is 7.13. The Balaban J connectivity index is 1.75. The summed E-state index contributed by atoms with van der Waals surface area (Å²) in [6.07, 6.45) is 0. The van der Waals surface area contributed by atoms with Crippen molar-refractivity contribution in [2.75, 3.05) is 14.2 Å². The van der Waals surface area contributed by atoms with Crippen molar-refractivity contribution in [1.82, 2.24) is 9.88 Å². The summed E-state index contributed by atoms with van der Waals surface area (Å²) < 4.78 is 11.2. The maximum atomic E-state index is 5.83. The Bertz CT molecular complexity index is 796. The van der Waals surface area contributed by atoms with Crippen LogP contribution in [-0.2, 0) is 6.54 Å². The SMILES string of the molecule is COc1cccc([C@H](C)N(C)Cc2nc(-c3cccs3)oc2C)c1. The highest BCUT2D eigenvalue weighted by Crippen LogP contribution is 2.28. The molecule has 0 saturated carbocycles. The topological polar surface area (TPSA) is 38.5 Å². The van der Waals surface area contributed by atoms with Crippen molar-refractivity contribution in [3.63, 3.8) is 0 Å². The molecule has 0 amide bonds. The molecule has 2 aromatic heterocycles. The molecule has 0 aliphatic carbocycles. The van der Waals surface area contributed by atoms with Crippen molar-refractivity contribution in [2.45, 2.75) is 26.4 Å². The van der Waals surface area contributed by atoms with E-state index < -0.39 is 0 Å². The second-order valence-corrected chi connectivity index (χ2v) is 6.81. The Morgan fingerprint density at radius 3 is 2.83 bits per heavy atom. The summed E-state index contributed by atoms with van der Waals surface area (Å²) in [5.74, 6) is 2.47. The smallest absolute Gasteiger partial charge is 0.236 e. The summed E-state index contributed by atoms with van der Waals surface area (Å²) in [7, 11) is 3.79. The van der Waals surface area contributed by atoms with Gasteiger partial charge in [-0.2, -0.15) is 0 Å². The predicted octanol–water partition coefficient (Wildman–Crippen LogP) is 4.91. The maximum Gasteiger partial charge on any atom is 0.236 e.